The van der Waals surface area contributed by atoms with Crippen molar-refractivity contribution in [2.75, 3.05) is 13.1 Å². The van der Waals surface area contributed by atoms with Crippen LogP contribution >= 0.6 is 11.3 Å². The van der Waals surface area contributed by atoms with E-state index in [9.17, 15) is 0 Å². The van der Waals surface area contributed by atoms with Crippen LogP contribution in [0.3, 0.4) is 0 Å². The quantitative estimate of drug-likeness (QED) is 0.744. The molecule has 2 rings (SSSR count). The summed E-state index contributed by atoms with van der Waals surface area (Å²) in [5.41, 5.74) is 0. The first-order valence-corrected chi connectivity index (χ1v) is 6.02. The zero-order valence-electron chi connectivity index (χ0n) is 8.77. The molecule has 2 nitrogen and oxygen atoms in total. The Morgan fingerprint density at radius 2 is 2.14 bits per heavy atom. The van der Waals surface area contributed by atoms with Crippen molar-refractivity contribution < 1.29 is 4.74 Å². The number of nitrogens with zero attached hydrogens (tertiary/aromatic N) is 1. The van der Waals surface area contributed by atoms with Crippen LogP contribution in [0.15, 0.2) is 17.5 Å². The van der Waals surface area contributed by atoms with Gasteiger partial charge in [-0.2, -0.15) is 0 Å². The lowest BCUT2D eigenvalue weighted by atomic mass is 10.2. The van der Waals surface area contributed by atoms with Crippen molar-refractivity contribution in [1.82, 2.24) is 4.90 Å². The lowest BCUT2D eigenvalue weighted by Gasteiger charge is -2.34. The summed E-state index contributed by atoms with van der Waals surface area (Å²) < 4.78 is 5.70. The number of rotatable bonds is 2. The van der Waals surface area contributed by atoms with Crippen LogP contribution in [-0.2, 0) is 11.3 Å². The predicted octanol–water partition coefficient (Wildman–Crippen LogP) is 2.36. The maximum Gasteiger partial charge on any atom is 0.0678 e. The average Bonchev–Trinajstić information content (AvgIpc) is 2.54. The van der Waals surface area contributed by atoms with Crippen LogP contribution in [0.2, 0.25) is 0 Å². The van der Waals surface area contributed by atoms with Crippen molar-refractivity contribution in [3.63, 3.8) is 0 Å². The Balaban J connectivity index is 1.91. The highest BCUT2D eigenvalue weighted by Gasteiger charge is 2.21. The maximum atomic E-state index is 5.70. The first-order valence-electron chi connectivity index (χ1n) is 5.14. The normalized spacial score (nSPS) is 29.3. The summed E-state index contributed by atoms with van der Waals surface area (Å²) in [6, 6.07) is 4.32. The fourth-order valence-electron chi connectivity index (χ4n) is 2.04. The van der Waals surface area contributed by atoms with Crippen LogP contribution in [0, 0.1) is 0 Å². The van der Waals surface area contributed by atoms with E-state index in [2.05, 4.69) is 36.3 Å². The molecule has 0 N–H and O–H groups in total. The number of thiophene rings is 1. The van der Waals surface area contributed by atoms with Crippen molar-refractivity contribution in [3.8, 4) is 0 Å². The highest BCUT2D eigenvalue weighted by molar-refractivity contribution is 7.09. The second-order valence-corrected chi connectivity index (χ2v) is 5.06. The summed E-state index contributed by atoms with van der Waals surface area (Å²) in [6.07, 6.45) is 0.748. The van der Waals surface area contributed by atoms with Crippen molar-refractivity contribution in [2.45, 2.75) is 32.6 Å². The van der Waals surface area contributed by atoms with Crippen molar-refractivity contribution >= 4 is 11.3 Å². The van der Waals surface area contributed by atoms with E-state index in [1.54, 1.807) is 0 Å². The van der Waals surface area contributed by atoms with Gasteiger partial charge in [0, 0.05) is 24.5 Å². The standard InChI is InChI=1S/C11H17NOS/c1-9-6-12(7-10(2)13-9)8-11-4-3-5-14-11/h3-5,9-10H,6-8H2,1-2H3/t9-,10-/m0/s1. The first kappa shape index (κ1) is 10.1. The fraction of sp³-hybridized carbons (Fsp3) is 0.636. The van der Waals surface area contributed by atoms with Gasteiger partial charge in [-0.1, -0.05) is 6.07 Å². The van der Waals surface area contributed by atoms with E-state index in [0.717, 1.165) is 19.6 Å². The SMILES string of the molecule is C[C@H]1CN(Cc2cccs2)C[C@H](C)O1. The second-order valence-electron chi connectivity index (χ2n) is 4.03. The third-order valence-electron chi connectivity index (χ3n) is 2.45. The van der Waals surface area contributed by atoms with Gasteiger partial charge in [-0.15, -0.1) is 11.3 Å². The molecule has 2 heterocycles. The van der Waals surface area contributed by atoms with E-state index in [0.29, 0.717) is 12.2 Å². The zero-order chi connectivity index (χ0) is 9.97. The van der Waals surface area contributed by atoms with Crippen LogP contribution in [0.1, 0.15) is 18.7 Å². The van der Waals surface area contributed by atoms with Gasteiger partial charge in [-0.3, -0.25) is 4.90 Å². The number of ether oxygens (including phenoxy) is 1. The van der Waals surface area contributed by atoms with Gasteiger partial charge in [0.25, 0.3) is 0 Å². The molecule has 78 valence electrons. The molecule has 0 unspecified atom stereocenters. The van der Waals surface area contributed by atoms with Crippen molar-refractivity contribution in [1.29, 1.82) is 0 Å². The molecule has 1 aromatic rings. The molecule has 1 aromatic heterocycles. The van der Waals surface area contributed by atoms with E-state index in [4.69, 9.17) is 4.74 Å². The first-order chi connectivity index (χ1) is 6.74. The summed E-state index contributed by atoms with van der Waals surface area (Å²) in [7, 11) is 0. The molecule has 3 heteroatoms. The molecular formula is C11H17NOS. The van der Waals surface area contributed by atoms with Crippen LogP contribution < -0.4 is 0 Å². The fourth-order valence-corrected chi connectivity index (χ4v) is 2.78. The van der Waals surface area contributed by atoms with Gasteiger partial charge in [0.1, 0.15) is 0 Å². The van der Waals surface area contributed by atoms with Gasteiger partial charge in [0.2, 0.25) is 0 Å². The molecule has 2 atom stereocenters. The van der Waals surface area contributed by atoms with E-state index < -0.39 is 0 Å². The minimum Gasteiger partial charge on any atom is -0.373 e. The third kappa shape index (κ3) is 2.56. The highest BCUT2D eigenvalue weighted by Crippen LogP contribution is 2.16. The Bertz CT molecular complexity index is 263. The van der Waals surface area contributed by atoms with Gasteiger partial charge < -0.3 is 4.74 Å². The van der Waals surface area contributed by atoms with Gasteiger partial charge >= 0.3 is 0 Å². The molecule has 1 aliphatic rings. The predicted molar refractivity (Wildman–Crippen MR) is 59.6 cm³/mol. The van der Waals surface area contributed by atoms with Gasteiger partial charge in [-0.25, -0.2) is 0 Å². The molecule has 1 fully saturated rings. The number of morpholine rings is 1. The highest BCUT2D eigenvalue weighted by atomic mass is 32.1. The smallest absolute Gasteiger partial charge is 0.0678 e. The molecule has 0 aromatic carbocycles. The molecule has 0 aliphatic carbocycles. The molecular weight excluding hydrogens is 194 g/mol. The van der Waals surface area contributed by atoms with Gasteiger partial charge in [0.05, 0.1) is 12.2 Å². The van der Waals surface area contributed by atoms with Crippen LogP contribution in [-0.4, -0.2) is 30.2 Å². The lowest BCUT2D eigenvalue weighted by Crippen LogP contribution is -2.44. The molecule has 0 amide bonds. The Labute approximate surface area is 89.5 Å². The Hall–Kier alpha value is -0.380. The molecule has 1 aliphatic heterocycles. The minimum atomic E-state index is 0.374. The number of hydrogen-bond donors (Lipinski definition) is 0. The zero-order valence-corrected chi connectivity index (χ0v) is 9.59. The van der Waals surface area contributed by atoms with E-state index >= 15 is 0 Å². The van der Waals surface area contributed by atoms with E-state index in [1.807, 2.05) is 11.3 Å². The van der Waals surface area contributed by atoms with Gasteiger partial charge in [-0.05, 0) is 25.3 Å². The van der Waals surface area contributed by atoms with Crippen LogP contribution in [0.4, 0.5) is 0 Å². The van der Waals surface area contributed by atoms with Crippen LogP contribution in [0.25, 0.3) is 0 Å². The molecule has 1 saturated heterocycles. The van der Waals surface area contributed by atoms with Crippen molar-refractivity contribution in [2.24, 2.45) is 0 Å². The third-order valence-corrected chi connectivity index (χ3v) is 3.32. The summed E-state index contributed by atoms with van der Waals surface area (Å²) in [5.74, 6) is 0. The largest absolute Gasteiger partial charge is 0.373 e. The van der Waals surface area contributed by atoms with Gasteiger partial charge in [0.15, 0.2) is 0 Å². The van der Waals surface area contributed by atoms with Crippen molar-refractivity contribution in [3.05, 3.63) is 22.4 Å². The summed E-state index contributed by atoms with van der Waals surface area (Å²) in [6.45, 7) is 7.49. The van der Waals surface area contributed by atoms with E-state index in [-0.39, 0.29) is 0 Å². The maximum absolute atomic E-state index is 5.70. The Morgan fingerprint density at radius 3 is 2.71 bits per heavy atom. The molecule has 0 radical (unpaired) electrons. The monoisotopic (exact) mass is 211 g/mol. The van der Waals surface area contributed by atoms with Crippen LogP contribution in [0.5, 0.6) is 0 Å². The molecule has 14 heavy (non-hydrogen) atoms. The Kier molecular flexibility index (Phi) is 3.21. The second kappa shape index (κ2) is 4.43. The number of hydrogen-bond acceptors (Lipinski definition) is 3. The van der Waals surface area contributed by atoms with E-state index in [1.165, 1.54) is 4.88 Å². The average molecular weight is 211 g/mol. The lowest BCUT2D eigenvalue weighted by molar-refractivity contribution is -0.0702. The summed E-state index contributed by atoms with van der Waals surface area (Å²) in [4.78, 5) is 3.93. The summed E-state index contributed by atoms with van der Waals surface area (Å²) in [5, 5.41) is 2.14. The summed E-state index contributed by atoms with van der Waals surface area (Å²) >= 11 is 1.84. The Morgan fingerprint density at radius 1 is 1.43 bits per heavy atom. The molecule has 0 spiro atoms. The molecule has 0 bridgehead atoms. The minimum absolute atomic E-state index is 0.374. The molecule has 0 saturated carbocycles. The topological polar surface area (TPSA) is 12.5 Å².